The number of benzene rings is 3. The number of ether oxygens (including phenoxy) is 2. The first-order chi connectivity index (χ1) is 15.9. The van der Waals surface area contributed by atoms with Gasteiger partial charge in [0.2, 0.25) is 6.29 Å². The van der Waals surface area contributed by atoms with Gasteiger partial charge in [-0.25, -0.2) is 0 Å². The molecule has 0 bridgehead atoms. The summed E-state index contributed by atoms with van der Waals surface area (Å²) in [5.41, 5.74) is 2.89. The Bertz CT molecular complexity index is 1250. The molecule has 33 heavy (non-hydrogen) atoms. The Morgan fingerprint density at radius 3 is 2.33 bits per heavy atom. The first-order valence-electron chi connectivity index (χ1n) is 10.5. The summed E-state index contributed by atoms with van der Waals surface area (Å²) in [6.07, 6.45) is -3.87. The second-order valence-electron chi connectivity index (χ2n) is 8.16. The van der Waals surface area contributed by atoms with Crippen molar-refractivity contribution >= 4 is 22.6 Å². The van der Waals surface area contributed by atoms with Crippen LogP contribution < -0.4 is 4.74 Å². The minimum Gasteiger partial charge on any atom is -0.508 e. The molecular weight excluding hydrogens is 428 g/mol. The maximum Gasteiger partial charge on any atom is 0.229 e. The van der Waals surface area contributed by atoms with Crippen molar-refractivity contribution in [1.29, 1.82) is 0 Å². The second kappa shape index (κ2) is 8.26. The lowest BCUT2D eigenvalue weighted by Gasteiger charge is -2.39. The lowest BCUT2D eigenvalue weighted by Crippen LogP contribution is -2.60. The molecule has 5 N–H and O–H groups in total. The van der Waals surface area contributed by atoms with Crippen LogP contribution in [-0.2, 0) is 4.74 Å². The summed E-state index contributed by atoms with van der Waals surface area (Å²) >= 11 is 0. The number of hydrogen-bond donors (Lipinski definition) is 5. The van der Waals surface area contributed by atoms with Crippen molar-refractivity contribution in [1.82, 2.24) is 0 Å². The Morgan fingerprint density at radius 2 is 1.61 bits per heavy atom. The van der Waals surface area contributed by atoms with E-state index >= 15 is 0 Å². The van der Waals surface area contributed by atoms with Gasteiger partial charge in [-0.1, -0.05) is 24.3 Å². The Balaban J connectivity index is 1.61. The number of allylic oxidation sites excluding steroid dienone is 1. The largest absolute Gasteiger partial charge is 0.508 e. The molecule has 1 aliphatic heterocycles. The van der Waals surface area contributed by atoms with E-state index in [-0.39, 0.29) is 11.5 Å². The molecule has 0 aromatic heterocycles. The van der Waals surface area contributed by atoms with Crippen LogP contribution in [0, 0.1) is 0 Å². The lowest BCUT2D eigenvalue weighted by molar-refractivity contribution is -0.277. The summed E-state index contributed by atoms with van der Waals surface area (Å²) in [6, 6.07) is 13.6. The third-order valence-electron chi connectivity index (χ3n) is 6.08. The molecule has 5 rings (SSSR count). The van der Waals surface area contributed by atoms with E-state index in [2.05, 4.69) is 0 Å². The van der Waals surface area contributed by atoms with Crippen LogP contribution in [0.3, 0.4) is 0 Å². The zero-order valence-electron chi connectivity index (χ0n) is 17.3. The number of aromatic hydroxyl groups is 1. The minimum atomic E-state index is -1.56. The molecule has 1 fully saturated rings. The molecule has 1 heterocycles. The zero-order valence-corrected chi connectivity index (χ0v) is 17.3. The zero-order chi connectivity index (χ0) is 23.3. The molecule has 0 spiro atoms. The number of hydrogen-bond acceptors (Lipinski definition) is 8. The van der Waals surface area contributed by atoms with E-state index in [9.17, 15) is 30.3 Å². The maximum atomic E-state index is 12.5. The van der Waals surface area contributed by atoms with E-state index in [4.69, 9.17) is 9.47 Å². The molecule has 0 amide bonds. The van der Waals surface area contributed by atoms with Crippen LogP contribution in [0.2, 0.25) is 0 Å². The highest BCUT2D eigenvalue weighted by Gasteiger charge is 2.44. The van der Waals surface area contributed by atoms with E-state index in [1.54, 1.807) is 48.5 Å². The number of rotatable bonds is 4. The van der Waals surface area contributed by atoms with Crippen molar-refractivity contribution in [3.05, 3.63) is 65.7 Å². The average Bonchev–Trinajstić information content (AvgIpc) is 2.82. The smallest absolute Gasteiger partial charge is 0.229 e. The third-order valence-corrected chi connectivity index (χ3v) is 6.08. The van der Waals surface area contributed by atoms with E-state index < -0.39 is 37.3 Å². The summed E-state index contributed by atoms with van der Waals surface area (Å²) in [4.78, 5) is 12.5. The fourth-order valence-corrected chi connectivity index (χ4v) is 4.34. The van der Waals surface area contributed by atoms with Gasteiger partial charge >= 0.3 is 0 Å². The van der Waals surface area contributed by atoms with Crippen molar-refractivity contribution in [2.45, 2.75) is 30.7 Å². The third kappa shape index (κ3) is 3.68. The summed E-state index contributed by atoms with van der Waals surface area (Å²) in [5, 5.41) is 51.0. The molecule has 0 radical (unpaired) electrons. The van der Waals surface area contributed by atoms with Crippen LogP contribution in [0.1, 0.15) is 15.9 Å². The fourth-order valence-electron chi connectivity index (χ4n) is 4.34. The Morgan fingerprint density at radius 1 is 0.879 bits per heavy atom. The number of aliphatic hydroxyl groups excluding tert-OH is 4. The highest BCUT2D eigenvalue weighted by Crippen LogP contribution is 2.39. The fraction of sp³-hybridized carbons (Fsp3) is 0.240. The predicted octanol–water partition coefficient (Wildman–Crippen LogP) is 1.60. The maximum absolute atomic E-state index is 12.5. The summed E-state index contributed by atoms with van der Waals surface area (Å²) < 4.78 is 11.3. The molecule has 0 unspecified atom stereocenters. The Hall–Kier alpha value is -3.27. The lowest BCUT2D eigenvalue weighted by atomic mass is 9.87. The molecular formula is C25H22O8. The van der Waals surface area contributed by atoms with E-state index in [0.717, 1.165) is 22.1 Å². The normalized spacial score (nSPS) is 26.5. The van der Waals surface area contributed by atoms with Crippen molar-refractivity contribution < 1.29 is 39.8 Å². The predicted molar refractivity (Wildman–Crippen MR) is 119 cm³/mol. The standard InChI is InChI=1S/C25H22O8/c26-11-20-22(29)23(30)24(31)25(33-20)32-15-9-13-3-8-19(28)17-7-6-16(18(10-15)21(13)17)12-1-4-14(27)5-2-12/h1-10,20,22-27,29-31H,11H2/t20-,22-,23+,24-,25-/m1/s1. The number of aliphatic hydroxyl groups is 4. The second-order valence-corrected chi connectivity index (χ2v) is 8.16. The number of phenolic OH excluding ortho intramolecular Hbond substituents is 1. The molecule has 8 heteroatoms. The Kier molecular flexibility index (Phi) is 5.40. The molecule has 8 nitrogen and oxygen atoms in total. The molecule has 1 aliphatic carbocycles. The van der Waals surface area contributed by atoms with Crippen LogP contribution in [0.15, 0.2) is 54.6 Å². The van der Waals surface area contributed by atoms with Gasteiger partial charge in [-0.05, 0) is 58.5 Å². The molecule has 1 saturated heterocycles. The van der Waals surface area contributed by atoms with Gasteiger partial charge < -0.3 is 35.0 Å². The molecule has 5 atom stereocenters. The van der Waals surface area contributed by atoms with E-state index in [0.29, 0.717) is 16.7 Å². The quantitative estimate of drug-likeness (QED) is 0.404. The van der Waals surface area contributed by atoms with Crippen molar-refractivity contribution in [2.75, 3.05) is 6.61 Å². The molecule has 3 aromatic carbocycles. The molecule has 3 aromatic rings. The number of phenols is 1. The summed E-state index contributed by atoms with van der Waals surface area (Å²) in [5.74, 6) is 0.316. The van der Waals surface area contributed by atoms with Gasteiger partial charge in [0, 0.05) is 10.9 Å². The Labute approximate surface area is 188 Å². The van der Waals surface area contributed by atoms with Crippen molar-refractivity contribution in [3.8, 4) is 22.6 Å². The van der Waals surface area contributed by atoms with Gasteiger partial charge in [0.15, 0.2) is 5.78 Å². The average molecular weight is 450 g/mol. The highest BCUT2D eigenvalue weighted by molar-refractivity contribution is 6.22. The first kappa shape index (κ1) is 21.6. The van der Waals surface area contributed by atoms with E-state index in [1.165, 1.54) is 6.08 Å². The van der Waals surface area contributed by atoms with Gasteiger partial charge in [0.1, 0.15) is 35.9 Å². The first-order valence-corrected chi connectivity index (χ1v) is 10.5. The van der Waals surface area contributed by atoms with Crippen LogP contribution in [0.4, 0.5) is 0 Å². The summed E-state index contributed by atoms with van der Waals surface area (Å²) in [6.45, 7) is -0.563. The number of carbonyl (C=O) groups is 1. The monoisotopic (exact) mass is 450 g/mol. The van der Waals surface area contributed by atoms with Gasteiger partial charge in [0.25, 0.3) is 0 Å². The molecule has 0 saturated carbocycles. The molecule has 2 aliphatic rings. The van der Waals surface area contributed by atoms with Crippen LogP contribution >= 0.6 is 0 Å². The molecule has 170 valence electrons. The van der Waals surface area contributed by atoms with Crippen LogP contribution in [0.25, 0.3) is 28.0 Å². The van der Waals surface area contributed by atoms with Gasteiger partial charge in [0.05, 0.1) is 6.61 Å². The number of ketones is 1. The van der Waals surface area contributed by atoms with Gasteiger partial charge in [-0.2, -0.15) is 0 Å². The van der Waals surface area contributed by atoms with Crippen LogP contribution in [0.5, 0.6) is 11.5 Å². The number of carbonyl (C=O) groups excluding carboxylic acids is 1. The van der Waals surface area contributed by atoms with E-state index in [1.807, 2.05) is 6.07 Å². The van der Waals surface area contributed by atoms with Crippen LogP contribution in [-0.4, -0.2) is 68.6 Å². The van der Waals surface area contributed by atoms with Crippen molar-refractivity contribution in [3.63, 3.8) is 0 Å². The van der Waals surface area contributed by atoms with Gasteiger partial charge in [-0.3, -0.25) is 4.79 Å². The minimum absolute atomic E-state index is 0.118. The summed E-state index contributed by atoms with van der Waals surface area (Å²) in [7, 11) is 0. The SMILES string of the molecule is O=C1C=Cc2cc(O[C@@H]3O[C@H](CO)[C@@H](O)[C@H](O)[C@H]3O)cc3c(-c4ccc(O)cc4)ccc1c23. The van der Waals surface area contributed by atoms with Gasteiger partial charge in [-0.15, -0.1) is 0 Å². The highest BCUT2D eigenvalue weighted by atomic mass is 16.7. The van der Waals surface area contributed by atoms with Crippen molar-refractivity contribution in [2.24, 2.45) is 0 Å². The topological polar surface area (TPSA) is 137 Å².